The van der Waals surface area contributed by atoms with Gasteiger partial charge in [0.2, 0.25) is 0 Å². The predicted octanol–water partition coefficient (Wildman–Crippen LogP) is 4.18. The molecule has 112 valence electrons. The fraction of sp³-hybridized carbons (Fsp3) is 0.667. The van der Waals surface area contributed by atoms with E-state index in [4.69, 9.17) is 4.74 Å². The average Bonchev–Trinajstić information content (AvgIpc) is 3.21. The Bertz CT molecular complexity index is 392. The number of benzene rings is 1. The molecule has 20 heavy (non-hydrogen) atoms. The summed E-state index contributed by atoms with van der Waals surface area (Å²) in [5.41, 5.74) is 1.71. The van der Waals surface area contributed by atoms with Crippen molar-refractivity contribution < 1.29 is 4.74 Å². The molecule has 0 bridgehead atoms. The molecule has 1 aliphatic carbocycles. The number of hydrogen-bond acceptors (Lipinski definition) is 2. The van der Waals surface area contributed by atoms with Gasteiger partial charge >= 0.3 is 0 Å². The highest BCUT2D eigenvalue weighted by molar-refractivity contribution is 5.19. The highest BCUT2D eigenvalue weighted by Gasteiger charge is 2.33. The lowest BCUT2D eigenvalue weighted by atomic mass is 9.85. The minimum atomic E-state index is 0.314. The summed E-state index contributed by atoms with van der Waals surface area (Å²) < 4.78 is 5.41. The number of nitrogens with one attached hydrogen (secondary N) is 1. The highest BCUT2D eigenvalue weighted by Crippen LogP contribution is 2.36. The molecule has 2 rings (SSSR count). The molecule has 1 aromatic carbocycles. The first-order valence-corrected chi connectivity index (χ1v) is 7.79. The summed E-state index contributed by atoms with van der Waals surface area (Å²) in [5, 5.41) is 3.86. The Morgan fingerprint density at radius 2 is 1.85 bits per heavy atom. The molecule has 2 heteroatoms. The van der Waals surface area contributed by atoms with Gasteiger partial charge < -0.3 is 10.1 Å². The van der Waals surface area contributed by atoms with Gasteiger partial charge in [0.1, 0.15) is 0 Å². The summed E-state index contributed by atoms with van der Waals surface area (Å²) in [6, 6.07) is 11.7. The van der Waals surface area contributed by atoms with E-state index in [1.807, 2.05) is 0 Å². The maximum atomic E-state index is 5.41. The van der Waals surface area contributed by atoms with Crippen LogP contribution in [0.15, 0.2) is 30.3 Å². The van der Waals surface area contributed by atoms with Gasteiger partial charge in [0.15, 0.2) is 0 Å². The molecule has 0 amide bonds. The first kappa shape index (κ1) is 15.5. The largest absolute Gasteiger partial charge is 0.383 e. The van der Waals surface area contributed by atoms with E-state index in [0.717, 1.165) is 18.9 Å². The van der Waals surface area contributed by atoms with Crippen LogP contribution in [0.25, 0.3) is 0 Å². The smallest absolute Gasteiger partial charge is 0.0618 e. The first-order chi connectivity index (χ1) is 9.49. The summed E-state index contributed by atoms with van der Waals surface area (Å²) in [5.74, 6) is 0.807. The second-order valence-electron chi connectivity index (χ2n) is 7.29. The van der Waals surface area contributed by atoms with Crippen LogP contribution in [0.5, 0.6) is 0 Å². The summed E-state index contributed by atoms with van der Waals surface area (Å²) in [4.78, 5) is 0. The van der Waals surface area contributed by atoms with Crippen LogP contribution in [0, 0.1) is 11.3 Å². The fourth-order valence-electron chi connectivity index (χ4n) is 2.83. The van der Waals surface area contributed by atoms with Crippen molar-refractivity contribution in [1.29, 1.82) is 0 Å². The van der Waals surface area contributed by atoms with E-state index in [9.17, 15) is 0 Å². The van der Waals surface area contributed by atoms with Crippen molar-refractivity contribution in [3.05, 3.63) is 35.9 Å². The van der Waals surface area contributed by atoms with E-state index in [0.29, 0.717) is 17.5 Å². The first-order valence-electron chi connectivity index (χ1n) is 7.79. The van der Waals surface area contributed by atoms with E-state index >= 15 is 0 Å². The fourth-order valence-corrected chi connectivity index (χ4v) is 2.83. The molecule has 2 unspecified atom stereocenters. The van der Waals surface area contributed by atoms with Crippen molar-refractivity contribution in [2.45, 2.75) is 52.1 Å². The highest BCUT2D eigenvalue weighted by atomic mass is 16.5. The van der Waals surface area contributed by atoms with Crippen LogP contribution in [0.2, 0.25) is 0 Å². The Kier molecular flexibility index (Phi) is 5.22. The van der Waals surface area contributed by atoms with Crippen molar-refractivity contribution in [3.63, 3.8) is 0 Å². The second kappa shape index (κ2) is 6.73. The van der Waals surface area contributed by atoms with Gasteiger partial charge in [-0.25, -0.2) is 0 Å². The zero-order chi connectivity index (χ0) is 14.6. The maximum absolute atomic E-state index is 5.41. The molecule has 0 radical (unpaired) electrons. The molecule has 0 spiro atoms. The summed E-state index contributed by atoms with van der Waals surface area (Å²) in [7, 11) is 1.80. The van der Waals surface area contributed by atoms with Gasteiger partial charge in [-0.2, -0.15) is 0 Å². The number of hydrogen-bond donors (Lipinski definition) is 1. The SMILES string of the molecule is COCC(NC(CC(C)(C)C)c1ccccc1)C1CC1. The third-order valence-electron chi connectivity index (χ3n) is 3.97. The van der Waals surface area contributed by atoms with Crippen LogP contribution >= 0.6 is 0 Å². The quantitative estimate of drug-likeness (QED) is 0.806. The average molecular weight is 275 g/mol. The molecule has 1 N–H and O–H groups in total. The van der Waals surface area contributed by atoms with Gasteiger partial charge in [-0.3, -0.25) is 0 Å². The van der Waals surface area contributed by atoms with Crippen molar-refractivity contribution in [2.75, 3.05) is 13.7 Å². The van der Waals surface area contributed by atoms with Gasteiger partial charge in [0.25, 0.3) is 0 Å². The minimum Gasteiger partial charge on any atom is -0.383 e. The summed E-state index contributed by atoms with van der Waals surface area (Å²) in [6.07, 6.45) is 3.83. The molecule has 1 aliphatic rings. The van der Waals surface area contributed by atoms with E-state index in [1.165, 1.54) is 18.4 Å². The Morgan fingerprint density at radius 3 is 2.35 bits per heavy atom. The van der Waals surface area contributed by atoms with Crippen LogP contribution in [0.1, 0.15) is 51.6 Å². The molecule has 1 fully saturated rings. The van der Waals surface area contributed by atoms with Gasteiger partial charge in [-0.1, -0.05) is 51.1 Å². The van der Waals surface area contributed by atoms with Gasteiger partial charge in [0.05, 0.1) is 6.61 Å². The number of ether oxygens (including phenoxy) is 1. The van der Waals surface area contributed by atoms with Crippen LogP contribution in [0.4, 0.5) is 0 Å². The monoisotopic (exact) mass is 275 g/mol. The van der Waals surface area contributed by atoms with E-state index < -0.39 is 0 Å². The molecule has 2 atom stereocenters. The molecular formula is C18H29NO. The van der Waals surface area contributed by atoms with E-state index in [1.54, 1.807) is 7.11 Å². The lowest BCUT2D eigenvalue weighted by Crippen LogP contribution is -2.39. The third-order valence-corrected chi connectivity index (χ3v) is 3.97. The summed E-state index contributed by atoms with van der Waals surface area (Å²) >= 11 is 0. The van der Waals surface area contributed by atoms with Gasteiger partial charge in [0, 0.05) is 19.2 Å². The normalized spacial score (nSPS) is 18.8. The van der Waals surface area contributed by atoms with Gasteiger partial charge in [-0.05, 0) is 36.2 Å². The van der Waals surface area contributed by atoms with Crippen molar-refractivity contribution in [3.8, 4) is 0 Å². The predicted molar refractivity (Wildman–Crippen MR) is 84.8 cm³/mol. The minimum absolute atomic E-state index is 0.314. The van der Waals surface area contributed by atoms with Crippen molar-refractivity contribution in [1.82, 2.24) is 5.32 Å². The van der Waals surface area contributed by atoms with Crippen molar-refractivity contribution >= 4 is 0 Å². The Balaban J connectivity index is 2.09. The van der Waals surface area contributed by atoms with E-state index in [2.05, 4.69) is 56.4 Å². The molecule has 0 heterocycles. The number of methoxy groups -OCH3 is 1. The van der Waals surface area contributed by atoms with Crippen LogP contribution in [-0.2, 0) is 4.74 Å². The van der Waals surface area contributed by atoms with E-state index in [-0.39, 0.29) is 0 Å². The molecule has 1 aromatic rings. The van der Waals surface area contributed by atoms with Crippen LogP contribution in [0.3, 0.4) is 0 Å². The lowest BCUT2D eigenvalue weighted by molar-refractivity contribution is 0.145. The van der Waals surface area contributed by atoms with Gasteiger partial charge in [-0.15, -0.1) is 0 Å². The molecular weight excluding hydrogens is 246 g/mol. The van der Waals surface area contributed by atoms with Crippen LogP contribution < -0.4 is 5.32 Å². The van der Waals surface area contributed by atoms with Crippen molar-refractivity contribution in [2.24, 2.45) is 11.3 Å². The third kappa shape index (κ3) is 4.92. The zero-order valence-electron chi connectivity index (χ0n) is 13.4. The Labute approximate surface area is 123 Å². The molecule has 1 saturated carbocycles. The molecule has 2 nitrogen and oxygen atoms in total. The Morgan fingerprint density at radius 1 is 1.20 bits per heavy atom. The lowest BCUT2D eigenvalue weighted by Gasteiger charge is -2.31. The topological polar surface area (TPSA) is 21.3 Å². The maximum Gasteiger partial charge on any atom is 0.0618 e. The second-order valence-corrected chi connectivity index (χ2v) is 7.29. The standard InChI is InChI=1S/C18H29NO/c1-18(2,3)12-16(14-8-6-5-7-9-14)19-17(13-20-4)15-10-11-15/h5-9,15-17,19H,10-13H2,1-4H3. The summed E-state index contributed by atoms with van der Waals surface area (Å²) in [6.45, 7) is 7.76. The molecule has 0 aromatic heterocycles. The molecule has 0 aliphatic heterocycles. The zero-order valence-corrected chi connectivity index (χ0v) is 13.4. The Hall–Kier alpha value is -0.860. The van der Waals surface area contributed by atoms with Crippen LogP contribution in [-0.4, -0.2) is 19.8 Å². The number of rotatable bonds is 7. The molecule has 0 saturated heterocycles.